The van der Waals surface area contributed by atoms with Crippen LogP contribution in [-0.4, -0.2) is 47.4 Å². The second kappa shape index (κ2) is 69.3. The molecule has 0 saturated heterocycles. The van der Waals surface area contributed by atoms with Crippen molar-refractivity contribution in [3.8, 4) is 0 Å². The van der Waals surface area contributed by atoms with Crippen LogP contribution in [0.25, 0.3) is 0 Å². The molecule has 0 aromatic heterocycles. The fourth-order valence-corrected chi connectivity index (χ4v) is 11.1. The van der Waals surface area contributed by atoms with Crippen LogP contribution in [-0.2, 0) is 14.3 Å². The molecule has 0 radical (unpaired) electrons. The fourth-order valence-electron chi connectivity index (χ4n) is 11.1. The number of carbonyl (C=O) groups excluding carboxylic acids is 2. The summed E-state index contributed by atoms with van der Waals surface area (Å²) in [7, 11) is 0. The Balaban J connectivity index is 3.35. The van der Waals surface area contributed by atoms with Gasteiger partial charge < -0.3 is 20.3 Å². The molecule has 80 heavy (non-hydrogen) atoms. The van der Waals surface area contributed by atoms with Crippen molar-refractivity contribution < 1.29 is 24.5 Å². The highest BCUT2D eigenvalue weighted by Gasteiger charge is 2.20. The van der Waals surface area contributed by atoms with Crippen LogP contribution in [0.15, 0.2) is 48.6 Å². The average Bonchev–Trinajstić information content (AvgIpc) is 3.46. The lowest BCUT2D eigenvalue weighted by atomic mass is 10.0. The monoisotopic (exact) mass is 1120 g/mol. The molecule has 0 aliphatic rings. The van der Waals surface area contributed by atoms with Crippen molar-refractivity contribution >= 4 is 11.9 Å². The summed E-state index contributed by atoms with van der Waals surface area (Å²) in [4.78, 5) is 24.6. The summed E-state index contributed by atoms with van der Waals surface area (Å²) in [5.74, 6) is -0.0233. The lowest BCUT2D eigenvalue weighted by Gasteiger charge is -2.22. The highest BCUT2D eigenvalue weighted by molar-refractivity contribution is 5.76. The standard InChI is InChI=1S/C74H139NO5/c1-3-5-7-9-11-13-15-16-17-37-41-44-48-52-56-60-64-68-74(79)80-69-65-61-57-53-49-45-42-39-36-34-32-30-28-26-24-22-20-18-19-21-23-25-27-29-31-33-35-38-40-43-47-51-55-59-63-67-73(78)75-71(70-76)72(77)66-62-58-54-50-46-14-12-10-8-6-4-2/h11,13,16-17,20,22,26,28,71-72,76-77H,3-10,12,14-15,18-19,21,23-25,27,29-70H2,1-2H3,(H,75,78)/b13-11-,17-16-,22-20-,28-26-. The van der Waals surface area contributed by atoms with Crippen LogP contribution in [0.5, 0.6) is 0 Å². The summed E-state index contributed by atoms with van der Waals surface area (Å²) >= 11 is 0. The van der Waals surface area contributed by atoms with Gasteiger partial charge in [-0.1, -0.05) is 332 Å². The minimum atomic E-state index is -0.661. The Morgan fingerprint density at radius 3 is 0.975 bits per heavy atom. The third-order valence-corrected chi connectivity index (χ3v) is 16.6. The van der Waals surface area contributed by atoms with E-state index in [1.807, 2.05) is 0 Å². The molecular formula is C74H139NO5. The molecule has 0 bridgehead atoms. The van der Waals surface area contributed by atoms with E-state index < -0.39 is 12.1 Å². The maximum atomic E-state index is 12.5. The predicted molar refractivity (Wildman–Crippen MR) is 352 cm³/mol. The molecule has 0 rings (SSSR count). The molecule has 0 heterocycles. The summed E-state index contributed by atoms with van der Waals surface area (Å²) in [5, 5.41) is 23.2. The average molecular weight is 1120 g/mol. The van der Waals surface area contributed by atoms with Gasteiger partial charge in [0.25, 0.3) is 0 Å². The van der Waals surface area contributed by atoms with Crippen molar-refractivity contribution in [3.63, 3.8) is 0 Å². The number of rotatable bonds is 67. The minimum Gasteiger partial charge on any atom is -0.466 e. The molecular weight excluding hydrogens is 983 g/mol. The van der Waals surface area contributed by atoms with Crippen LogP contribution in [0.3, 0.4) is 0 Å². The van der Waals surface area contributed by atoms with Crippen molar-refractivity contribution in [2.45, 2.75) is 398 Å². The van der Waals surface area contributed by atoms with Gasteiger partial charge in [-0.05, 0) is 89.9 Å². The summed E-state index contributed by atoms with van der Waals surface area (Å²) in [6, 6.07) is -0.539. The molecule has 0 saturated carbocycles. The van der Waals surface area contributed by atoms with Crippen molar-refractivity contribution in [1.82, 2.24) is 5.32 Å². The first-order chi connectivity index (χ1) is 39.5. The second-order valence-corrected chi connectivity index (χ2v) is 24.6. The van der Waals surface area contributed by atoms with E-state index in [1.54, 1.807) is 0 Å². The van der Waals surface area contributed by atoms with E-state index in [0.29, 0.717) is 25.9 Å². The van der Waals surface area contributed by atoms with Crippen molar-refractivity contribution in [1.29, 1.82) is 0 Å². The maximum absolute atomic E-state index is 12.5. The molecule has 0 fully saturated rings. The first-order valence-corrected chi connectivity index (χ1v) is 35.9. The molecule has 0 aliphatic carbocycles. The Hall–Kier alpha value is -2.18. The van der Waals surface area contributed by atoms with Gasteiger partial charge >= 0.3 is 5.97 Å². The van der Waals surface area contributed by atoms with Gasteiger partial charge in [-0.15, -0.1) is 0 Å². The van der Waals surface area contributed by atoms with Crippen molar-refractivity contribution in [2.24, 2.45) is 0 Å². The number of aliphatic hydroxyl groups excluding tert-OH is 2. The molecule has 0 spiro atoms. The molecule has 6 heteroatoms. The Morgan fingerprint density at radius 2 is 0.625 bits per heavy atom. The molecule has 0 aromatic rings. The van der Waals surface area contributed by atoms with Gasteiger partial charge in [0, 0.05) is 12.8 Å². The number of hydrogen-bond donors (Lipinski definition) is 3. The number of allylic oxidation sites excluding steroid dienone is 8. The minimum absolute atomic E-state index is 0.00905. The lowest BCUT2D eigenvalue weighted by Crippen LogP contribution is -2.45. The number of hydrogen-bond acceptors (Lipinski definition) is 5. The fraction of sp³-hybridized carbons (Fsp3) is 0.865. The van der Waals surface area contributed by atoms with Crippen molar-refractivity contribution in [3.05, 3.63) is 48.6 Å². The third kappa shape index (κ3) is 65.0. The van der Waals surface area contributed by atoms with E-state index >= 15 is 0 Å². The van der Waals surface area contributed by atoms with Gasteiger partial charge in [0.05, 0.1) is 25.4 Å². The highest BCUT2D eigenvalue weighted by Crippen LogP contribution is 2.18. The largest absolute Gasteiger partial charge is 0.466 e. The van der Waals surface area contributed by atoms with E-state index in [0.717, 1.165) is 57.8 Å². The molecule has 0 aliphatic heterocycles. The van der Waals surface area contributed by atoms with E-state index in [-0.39, 0.29) is 18.5 Å². The van der Waals surface area contributed by atoms with Crippen LogP contribution in [0, 0.1) is 0 Å². The molecule has 1 amide bonds. The second-order valence-electron chi connectivity index (χ2n) is 24.6. The first-order valence-electron chi connectivity index (χ1n) is 35.9. The molecule has 2 unspecified atom stereocenters. The number of nitrogens with one attached hydrogen (secondary N) is 1. The van der Waals surface area contributed by atoms with Crippen LogP contribution >= 0.6 is 0 Å². The Labute approximate surface area is 499 Å². The SMILES string of the molecule is CCCCC/C=C\C/C=C\CCCCCCCCCC(=O)OCCCCCCCCCCCCC/C=C\C/C=C\CCCCCCCCCCCCCCCCCCCC(=O)NC(CO)C(O)CCCCCCCCCCCCC. The summed E-state index contributed by atoms with van der Waals surface area (Å²) in [6.07, 6.45) is 90.3. The van der Waals surface area contributed by atoms with E-state index in [1.165, 1.54) is 295 Å². The highest BCUT2D eigenvalue weighted by atomic mass is 16.5. The number of ether oxygens (including phenoxy) is 1. The number of esters is 1. The molecule has 6 nitrogen and oxygen atoms in total. The van der Waals surface area contributed by atoms with Crippen LogP contribution in [0.1, 0.15) is 386 Å². The number of unbranched alkanes of at least 4 members (excludes halogenated alkanes) is 48. The van der Waals surface area contributed by atoms with Gasteiger partial charge in [0.1, 0.15) is 0 Å². The Kier molecular flexibility index (Phi) is 67.4. The van der Waals surface area contributed by atoms with Crippen LogP contribution in [0.2, 0.25) is 0 Å². The smallest absolute Gasteiger partial charge is 0.305 e. The topological polar surface area (TPSA) is 95.9 Å². The molecule has 470 valence electrons. The zero-order valence-electron chi connectivity index (χ0n) is 53.8. The zero-order chi connectivity index (χ0) is 57.8. The maximum Gasteiger partial charge on any atom is 0.305 e. The summed E-state index contributed by atoms with van der Waals surface area (Å²) in [6.45, 7) is 4.94. The van der Waals surface area contributed by atoms with Gasteiger partial charge in [0.2, 0.25) is 5.91 Å². The molecule has 2 atom stereocenters. The number of amides is 1. The number of aliphatic hydroxyl groups is 2. The van der Waals surface area contributed by atoms with Gasteiger partial charge in [-0.2, -0.15) is 0 Å². The van der Waals surface area contributed by atoms with Crippen LogP contribution < -0.4 is 5.32 Å². The Bertz CT molecular complexity index is 1340. The van der Waals surface area contributed by atoms with Crippen molar-refractivity contribution in [2.75, 3.05) is 13.2 Å². The van der Waals surface area contributed by atoms with E-state index in [2.05, 4.69) is 67.8 Å². The van der Waals surface area contributed by atoms with E-state index in [4.69, 9.17) is 4.74 Å². The predicted octanol–water partition coefficient (Wildman–Crippen LogP) is 23.3. The lowest BCUT2D eigenvalue weighted by molar-refractivity contribution is -0.143. The van der Waals surface area contributed by atoms with Gasteiger partial charge in [0.15, 0.2) is 0 Å². The first kappa shape index (κ1) is 77.8. The number of carbonyl (C=O) groups is 2. The third-order valence-electron chi connectivity index (χ3n) is 16.6. The molecule has 3 N–H and O–H groups in total. The Morgan fingerprint density at radius 1 is 0.350 bits per heavy atom. The summed E-state index contributed by atoms with van der Waals surface area (Å²) in [5.41, 5.74) is 0. The van der Waals surface area contributed by atoms with Gasteiger partial charge in [-0.3, -0.25) is 9.59 Å². The van der Waals surface area contributed by atoms with E-state index in [9.17, 15) is 19.8 Å². The zero-order valence-corrected chi connectivity index (χ0v) is 53.8. The van der Waals surface area contributed by atoms with Gasteiger partial charge in [-0.25, -0.2) is 0 Å². The van der Waals surface area contributed by atoms with Crippen LogP contribution in [0.4, 0.5) is 0 Å². The molecule has 0 aromatic carbocycles. The normalized spacial score (nSPS) is 12.8. The quantitative estimate of drug-likeness (QED) is 0.0320. The summed E-state index contributed by atoms with van der Waals surface area (Å²) < 4.78 is 5.50.